The van der Waals surface area contributed by atoms with E-state index in [0.717, 1.165) is 53.3 Å². The molecule has 0 spiro atoms. The summed E-state index contributed by atoms with van der Waals surface area (Å²) in [6.07, 6.45) is 0.908. The molecule has 3 heterocycles. The van der Waals surface area contributed by atoms with Crippen LogP contribution in [-0.2, 0) is 6.54 Å². The van der Waals surface area contributed by atoms with Crippen molar-refractivity contribution in [2.24, 2.45) is 0 Å². The molecular formula is C32H38F3N7S. The van der Waals surface area contributed by atoms with E-state index in [1.165, 1.54) is 16.5 Å². The van der Waals surface area contributed by atoms with E-state index in [9.17, 15) is 13.2 Å². The molecule has 4 aromatic rings. The van der Waals surface area contributed by atoms with Crippen LogP contribution in [0.15, 0.2) is 65.8 Å². The molecule has 1 aliphatic heterocycles. The summed E-state index contributed by atoms with van der Waals surface area (Å²) in [6, 6.07) is 15.3. The molecule has 7 nitrogen and oxygen atoms in total. The van der Waals surface area contributed by atoms with Crippen LogP contribution in [0.1, 0.15) is 38.1 Å². The molecule has 1 saturated heterocycles. The van der Waals surface area contributed by atoms with Gasteiger partial charge in [0.05, 0.1) is 23.4 Å². The lowest BCUT2D eigenvalue weighted by molar-refractivity contribution is -0.140. The van der Waals surface area contributed by atoms with Crippen molar-refractivity contribution in [2.75, 3.05) is 42.0 Å². The number of halogens is 3. The fourth-order valence-electron chi connectivity index (χ4n) is 4.77. The van der Waals surface area contributed by atoms with Crippen LogP contribution in [0, 0.1) is 18.8 Å². The third-order valence-electron chi connectivity index (χ3n) is 6.96. The second-order valence-corrected chi connectivity index (χ2v) is 10.9. The SMILES string of the molecule is CC.Cc1nccnc1NSc1ccc(NCC#Cc2cc3c(NC4CCN(C)CC4)cccc3n2CC(F)(F)F)cc1. The minimum atomic E-state index is -4.36. The number of fused-ring (bicyclic) bond motifs is 1. The molecule has 0 bridgehead atoms. The van der Waals surface area contributed by atoms with E-state index in [-0.39, 0.29) is 6.54 Å². The molecular weight excluding hydrogens is 571 g/mol. The Kier molecular flexibility index (Phi) is 11.2. The number of piperidine rings is 1. The van der Waals surface area contributed by atoms with Crippen molar-refractivity contribution < 1.29 is 13.2 Å². The Labute approximate surface area is 255 Å². The van der Waals surface area contributed by atoms with E-state index < -0.39 is 12.7 Å². The monoisotopic (exact) mass is 609 g/mol. The Morgan fingerprint density at radius 3 is 2.44 bits per heavy atom. The molecule has 0 unspecified atom stereocenters. The van der Waals surface area contributed by atoms with Gasteiger partial charge in [-0.05, 0) is 100 Å². The summed E-state index contributed by atoms with van der Waals surface area (Å²) in [5.41, 5.74) is 3.39. The fourth-order valence-corrected chi connectivity index (χ4v) is 5.46. The molecule has 2 aromatic heterocycles. The average Bonchev–Trinajstić information content (AvgIpc) is 3.34. The second kappa shape index (κ2) is 15.0. The topological polar surface area (TPSA) is 70.0 Å². The number of alkyl halides is 3. The van der Waals surface area contributed by atoms with Gasteiger partial charge in [0.1, 0.15) is 6.54 Å². The number of nitrogens with one attached hydrogen (secondary N) is 3. The highest BCUT2D eigenvalue weighted by atomic mass is 32.2. The van der Waals surface area contributed by atoms with Gasteiger partial charge in [0, 0.05) is 40.1 Å². The molecule has 0 aliphatic carbocycles. The van der Waals surface area contributed by atoms with Crippen LogP contribution in [0.3, 0.4) is 0 Å². The molecule has 3 N–H and O–H groups in total. The smallest absolute Gasteiger partial charge is 0.382 e. The Morgan fingerprint density at radius 2 is 1.74 bits per heavy atom. The summed E-state index contributed by atoms with van der Waals surface area (Å²) < 4.78 is 45.1. The maximum absolute atomic E-state index is 13.5. The Morgan fingerprint density at radius 1 is 1.02 bits per heavy atom. The Hall–Kier alpha value is -3.88. The number of nitrogens with zero attached hydrogens (tertiary/aromatic N) is 4. The van der Waals surface area contributed by atoms with Crippen molar-refractivity contribution in [1.82, 2.24) is 19.4 Å². The third kappa shape index (κ3) is 9.05. The minimum Gasteiger partial charge on any atom is -0.382 e. The van der Waals surface area contributed by atoms with Gasteiger partial charge in [0.15, 0.2) is 5.82 Å². The molecule has 11 heteroatoms. The summed E-state index contributed by atoms with van der Waals surface area (Å²) >= 11 is 1.43. The van der Waals surface area contributed by atoms with Gasteiger partial charge in [-0.2, -0.15) is 13.2 Å². The summed E-state index contributed by atoms with van der Waals surface area (Å²) in [4.78, 5) is 11.8. The van der Waals surface area contributed by atoms with Gasteiger partial charge < -0.3 is 24.8 Å². The van der Waals surface area contributed by atoms with Crippen molar-refractivity contribution >= 4 is 40.0 Å². The highest BCUT2D eigenvalue weighted by Crippen LogP contribution is 2.31. The van der Waals surface area contributed by atoms with Crippen LogP contribution in [0.4, 0.5) is 30.4 Å². The van der Waals surface area contributed by atoms with E-state index in [1.807, 2.05) is 51.1 Å². The van der Waals surface area contributed by atoms with Crippen molar-refractivity contribution in [3.63, 3.8) is 0 Å². The molecule has 0 atom stereocenters. The maximum atomic E-state index is 13.5. The summed E-state index contributed by atoms with van der Waals surface area (Å²) in [5, 5.41) is 7.55. The van der Waals surface area contributed by atoms with Crippen LogP contribution in [-0.4, -0.2) is 58.3 Å². The van der Waals surface area contributed by atoms with Crippen LogP contribution in [0.2, 0.25) is 0 Å². The summed E-state index contributed by atoms with van der Waals surface area (Å²) in [6.45, 7) is 7.07. The van der Waals surface area contributed by atoms with Crippen molar-refractivity contribution in [3.8, 4) is 11.8 Å². The highest BCUT2D eigenvalue weighted by Gasteiger charge is 2.30. The van der Waals surface area contributed by atoms with Crippen molar-refractivity contribution in [3.05, 3.63) is 72.3 Å². The van der Waals surface area contributed by atoms with Gasteiger partial charge >= 0.3 is 6.18 Å². The molecule has 1 fully saturated rings. The zero-order valence-corrected chi connectivity index (χ0v) is 25.7. The van der Waals surface area contributed by atoms with E-state index in [1.54, 1.807) is 30.6 Å². The molecule has 228 valence electrons. The van der Waals surface area contributed by atoms with E-state index in [2.05, 4.69) is 49.1 Å². The lowest BCUT2D eigenvalue weighted by Crippen LogP contribution is -2.36. The summed E-state index contributed by atoms with van der Waals surface area (Å²) in [7, 11) is 2.10. The number of hydrogen-bond donors (Lipinski definition) is 3. The van der Waals surface area contributed by atoms with Crippen LogP contribution in [0.25, 0.3) is 10.9 Å². The minimum absolute atomic E-state index is 0.289. The van der Waals surface area contributed by atoms with Gasteiger partial charge in [-0.25, -0.2) is 4.98 Å². The normalized spacial score (nSPS) is 13.9. The number of rotatable bonds is 8. The Bertz CT molecular complexity index is 1530. The number of aromatic nitrogens is 3. The van der Waals surface area contributed by atoms with E-state index >= 15 is 0 Å². The number of hydrogen-bond acceptors (Lipinski definition) is 7. The van der Waals surface area contributed by atoms with Crippen molar-refractivity contribution in [1.29, 1.82) is 0 Å². The van der Waals surface area contributed by atoms with Crippen LogP contribution in [0.5, 0.6) is 0 Å². The quantitative estimate of drug-likeness (QED) is 0.142. The van der Waals surface area contributed by atoms with E-state index in [0.29, 0.717) is 23.1 Å². The predicted octanol–water partition coefficient (Wildman–Crippen LogP) is 7.42. The largest absolute Gasteiger partial charge is 0.406 e. The van der Waals surface area contributed by atoms with Gasteiger partial charge in [-0.1, -0.05) is 25.8 Å². The molecule has 1 aliphatic rings. The van der Waals surface area contributed by atoms with Crippen LogP contribution < -0.4 is 15.4 Å². The second-order valence-electron chi connectivity index (χ2n) is 10.1. The van der Waals surface area contributed by atoms with Gasteiger partial charge in [-0.3, -0.25) is 4.98 Å². The third-order valence-corrected chi connectivity index (χ3v) is 7.76. The standard InChI is InChI=1S/C30H32F3N7S.C2H6/c1-21-29(36-16-15-34-21)38-41-25-10-8-22(9-11-25)35-14-4-5-24-19-26-27(37-23-12-17-39(2)18-13-23)6-3-7-28(26)40(24)20-30(31,32)33;1-2/h3,6-11,15-16,19,23,35,37H,12-14,17-18,20H2,1-2H3,(H,36,38);1-2H3. The van der Waals surface area contributed by atoms with Crippen molar-refractivity contribution in [2.45, 2.75) is 57.3 Å². The molecule has 0 amide bonds. The van der Waals surface area contributed by atoms with E-state index in [4.69, 9.17) is 0 Å². The van der Waals surface area contributed by atoms with Gasteiger partial charge in [-0.15, -0.1) is 0 Å². The lowest BCUT2D eigenvalue weighted by atomic mass is 10.0. The Balaban J connectivity index is 0.00000207. The number of benzene rings is 2. The molecule has 0 saturated carbocycles. The molecule has 0 radical (unpaired) electrons. The zero-order chi connectivity index (χ0) is 30.8. The summed E-state index contributed by atoms with van der Waals surface area (Å²) in [5.74, 6) is 6.69. The molecule has 2 aromatic carbocycles. The van der Waals surface area contributed by atoms with Gasteiger partial charge in [0.2, 0.25) is 0 Å². The first-order chi connectivity index (χ1) is 20.7. The number of anilines is 3. The fraction of sp³-hybridized carbons (Fsp3) is 0.375. The van der Waals surface area contributed by atoms with Crippen LogP contribution >= 0.6 is 11.9 Å². The lowest BCUT2D eigenvalue weighted by Gasteiger charge is -2.30. The first kappa shape index (κ1) is 32.0. The number of likely N-dealkylation sites (tertiary alicyclic amines) is 1. The maximum Gasteiger partial charge on any atom is 0.406 e. The predicted molar refractivity (Wildman–Crippen MR) is 172 cm³/mol. The van der Waals surface area contributed by atoms with Gasteiger partial charge in [0.25, 0.3) is 0 Å². The first-order valence-electron chi connectivity index (χ1n) is 14.4. The number of aryl methyl sites for hydroxylation is 1. The highest BCUT2D eigenvalue weighted by molar-refractivity contribution is 8.00. The molecule has 5 rings (SSSR count). The molecule has 43 heavy (non-hydrogen) atoms. The average molecular weight is 610 g/mol. The first-order valence-corrected chi connectivity index (χ1v) is 15.2. The zero-order valence-electron chi connectivity index (χ0n) is 24.9.